The van der Waals surface area contributed by atoms with E-state index in [1.165, 1.54) is 64.3 Å². The number of rotatable bonds is 10. The maximum absolute atomic E-state index is 9.08. The number of nitrogens with one attached hydrogen (secondary N) is 1. The zero-order chi connectivity index (χ0) is 16.8. The van der Waals surface area contributed by atoms with E-state index < -0.39 is 10.1 Å². The Labute approximate surface area is 137 Å². The number of hydrogen-bond donors (Lipinski definition) is 1. The van der Waals surface area contributed by atoms with Crippen LogP contribution in [0.2, 0.25) is 0 Å². The Morgan fingerprint density at radius 1 is 1.00 bits per heavy atom. The average molecular weight is 332 g/mol. The molecule has 0 saturated heterocycles. The maximum Gasteiger partial charge on any atom is 0.102 e. The summed E-state index contributed by atoms with van der Waals surface area (Å²) in [5.74, 6) is 0. The third-order valence-corrected chi connectivity index (χ3v) is 3.52. The number of unbranched alkanes of at least 4 members (excludes halogenated alkanes) is 6. The fourth-order valence-electron chi connectivity index (χ4n) is 2.35. The minimum Gasteiger partial charge on any atom is -0.748 e. The van der Waals surface area contributed by atoms with Gasteiger partial charge in [0.1, 0.15) is 6.20 Å². The van der Waals surface area contributed by atoms with Crippen molar-refractivity contribution in [2.24, 2.45) is 0 Å². The van der Waals surface area contributed by atoms with Crippen LogP contribution in [0, 0.1) is 0 Å². The van der Waals surface area contributed by atoms with Crippen LogP contribution in [0.4, 0.5) is 0 Å². The molecule has 0 radical (unpaired) electrons. The first-order chi connectivity index (χ1) is 10.4. The zero-order valence-corrected chi connectivity index (χ0v) is 15.3. The molecule has 4 nitrogen and oxygen atoms in total. The second-order valence-electron chi connectivity index (χ2n) is 5.95. The van der Waals surface area contributed by atoms with Gasteiger partial charge in [-0.1, -0.05) is 46.0 Å². The quantitative estimate of drug-likeness (QED) is 0.494. The summed E-state index contributed by atoms with van der Waals surface area (Å²) in [6.07, 6.45) is 20.0. The van der Waals surface area contributed by atoms with Gasteiger partial charge >= 0.3 is 0 Å². The van der Waals surface area contributed by atoms with Gasteiger partial charge in [-0.3, -0.25) is 4.90 Å². The lowest BCUT2D eigenvalue weighted by Crippen LogP contribution is -3.01. The summed E-state index contributed by atoms with van der Waals surface area (Å²) < 4.78 is 27.2. The fourth-order valence-corrected chi connectivity index (χ4v) is 2.35. The maximum atomic E-state index is 9.08. The zero-order valence-electron chi connectivity index (χ0n) is 14.4. The lowest BCUT2D eigenvalue weighted by atomic mass is 10.1. The molecular weight excluding hydrogens is 298 g/mol. The van der Waals surface area contributed by atoms with Crippen LogP contribution in [-0.4, -0.2) is 25.8 Å². The molecule has 0 bridgehead atoms. The first-order valence-corrected chi connectivity index (χ1v) is 10.3. The molecule has 0 spiro atoms. The van der Waals surface area contributed by atoms with E-state index in [-0.39, 0.29) is 0 Å². The van der Waals surface area contributed by atoms with Gasteiger partial charge in [-0.15, -0.1) is 0 Å². The van der Waals surface area contributed by atoms with E-state index in [0.29, 0.717) is 6.26 Å². The van der Waals surface area contributed by atoms with Crippen LogP contribution in [0.15, 0.2) is 24.0 Å². The highest BCUT2D eigenvalue weighted by Gasteiger charge is 2.09. The fraction of sp³-hybridized carbons (Fsp3) is 0.765. The van der Waals surface area contributed by atoms with Gasteiger partial charge in [-0.05, 0) is 25.7 Å². The van der Waals surface area contributed by atoms with Crippen molar-refractivity contribution in [2.45, 2.75) is 71.6 Å². The third kappa shape index (κ3) is 15.7. The number of quaternary nitrogens is 1. The topological polar surface area (TPSA) is 61.6 Å². The Balaban J connectivity index is 0.000000763. The van der Waals surface area contributed by atoms with Gasteiger partial charge in [0.15, 0.2) is 0 Å². The minimum absolute atomic E-state index is 0.604. The van der Waals surface area contributed by atoms with Gasteiger partial charge in [0, 0.05) is 17.9 Å². The molecule has 22 heavy (non-hydrogen) atoms. The highest BCUT2D eigenvalue weighted by Crippen LogP contribution is 2.09. The molecule has 0 aromatic heterocycles. The molecule has 0 fully saturated rings. The lowest BCUT2D eigenvalue weighted by molar-refractivity contribution is -0.788. The summed E-state index contributed by atoms with van der Waals surface area (Å²) >= 11 is 0. The van der Waals surface area contributed by atoms with Crippen molar-refractivity contribution in [3.05, 3.63) is 24.0 Å². The monoisotopic (exact) mass is 331 g/mol. The second-order valence-corrected chi connectivity index (χ2v) is 7.36. The Morgan fingerprint density at radius 2 is 1.55 bits per heavy atom. The van der Waals surface area contributed by atoms with E-state index in [2.05, 4.69) is 32.3 Å². The van der Waals surface area contributed by atoms with Gasteiger partial charge < -0.3 is 4.55 Å². The van der Waals surface area contributed by atoms with Gasteiger partial charge in [0.2, 0.25) is 0 Å². The van der Waals surface area contributed by atoms with E-state index in [9.17, 15) is 0 Å². The van der Waals surface area contributed by atoms with Crippen LogP contribution in [0.5, 0.6) is 0 Å². The first kappa shape index (κ1) is 21.4. The molecule has 1 N–H and O–H groups in total. The molecule has 0 aliphatic carbocycles. The minimum atomic E-state index is -3.92. The van der Waals surface area contributed by atoms with Crippen molar-refractivity contribution in [3.8, 4) is 0 Å². The highest BCUT2D eigenvalue weighted by atomic mass is 32.2. The lowest BCUT2D eigenvalue weighted by Gasteiger charge is -2.06. The molecule has 1 aliphatic heterocycles. The van der Waals surface area contributed by atoms with Gasteiger partial charge in [-0.2, -0.15) is 0 Å². The largest absolute Gasteiger partial charge is 0.748 e. The van der Waals surface area contributed by atoms with Crippen LogP contribution in [0.3, 0.4) is 0 Å². The standard InChI is InChI=1S/C16H29N.CH4O3S/c1-3-5-7-8-9-10-13-17-14-12-16(15-17)11-6-4-2;1-5(2,3)4/h12,14-15H,3-11,13H2,1-2H3;1H3,(H,2,3,4). The molecule has 5 heteroatoms. The predicted octanol–water partition coefficient (Wildman–Crippen LogP) is 2.99. The Hall–Kier alpha value is -0.650. The van der Waals surface area contributed by atoms with Crippen molar-refractivity contribution >= 4 is 10.1 Å². The normalized spacial score (nSPS) is 17.1. The summed E-state index contributed by atoms with van der Waals surface area (Å²) in [7, 11) is -3.92. The molecule has 0 aromatic carbocycles. The van der Waals surface area contributed by atoms with Crippen molar-refractivity contribution in [2.75, 3.05) is 12.8 Å². The molecule has 0 saturated carbocycles. The van der Waals surface area contributed by atoms with E-state index in [1.54, 1.807) is 10.5 Å². The Morgan fingerprint density at radius 3 is 2.14 bits per heavy atom. The van der Waals surface area contributed by atoms with Gasteiger partial charge in [0.05, 0.1) is 22.9 Å². The molecule has 1 aliphatic rings. The highest BCUT2D eigenvalue weighted by molar-refractivity contribution is 7.84. The molecular formula is C17H33NO3S. The van der Waals surface area contributed by atoms with E-state index in [0.717, 1.165) is 0 Å². The van der Waals surface area contributed by atoms with Crippen molar-refractivity contribution < 1.29 is 17.9 Å². The first-order valence-electron chi connectivity index (χ1n) is 8.52. The van der Waals surface area contributed by atoms with Crippen LogP contribution in [0.25, 0.3) is 0 Å². The summed E-state index contributed by atoms with van der Waals surface area (Å²) in [5, 5.41) is 0. The molecule has 1 unspecified atom stereocenters. The Bertz CT molecular complexity index is 419. The summed E-state index contributed by atoms with van der Waals surface area (Å²) in [5.41, 5.74) is 1.55. The molecule has 1 heterocycles. The van der Waals surface area contributed by atoms with Crippen LogP contribution >= 0.6 is 0 Å². The molecule has 0 amide bonds. The van der Waals surface area contributed by atoms with E-state index in [4.69, 9.17) is 13.0 Å². The van der Waals surface area contributed by atoms with Crippen molar-refractivity contribution in [1.82, 2.24) is 0 Å². The van der Waals surface area contributed by atoms with E-state index >= 15 is 0 Å². The SMILES string of the molecule is CCCCCCCC[NH+]1C=CC(CCCC)=C1.CS(=O)(=O)[O-]. The molecule has 0 aromatic rings. The van der Waals surface area contributed by atoms with Gasteiger partial charge in [-0.25, -0.2) is 8.42 Å². The summed E-state index contributed by atoms with van der Waals surface area (Å²) in [6, 6.07) is 0. The predicted molar refractivity (Wildman–Crippen MR) is 91.6 cm³/mol. The second kappa shape index (κ2) is 12.9. The average Bonchev–Trinajstić information content (AvgIpc) is 2.86. The van der Waals surface area contributed by atoms with Crippen LogP contribution in [-0.2, 0) is 10.1 Å². The summed E-state index contributed by atoms with van der Waals surface area (Å²) in [6.45, 7) is 5.83. The van der Waals surface area contributed by atoms with Crippen molar-refractivity contribution in [1.29, 1.82) is 0 Å². The molecule has 130 valence electrons. The molecule has 1 atom stereocenters. The smallest absolute Gasteiger partial charge is 0.102 e. The van der Waals surface area contributed by atoms with E-state index in [1.807, 2.05) is 0 Å². The van der Waals surface area contributed by atoms with Gasteiger partial charge in [0.25, 0.3) is 0 Å². The molecule has 1 rings (SSSR count). The number of allylic oxidation sites excluding steroid dienone is 2. The van der Waals surface area contributed by atoms with Crippen LogP contribution < -0.4 is 4.90 Å². The van der Waals surface area contributed by atoms with Crippen LogP contribution in [0.1, 0.15) is 71.6 Å². The third-order valence-electron chi connectivity index (χ3n) is 3.52. The Kier molecular flexibility index (Phi) is 12.5. The summed E-state index contributed by atoms with van der Waals surface area (Å²) in [4.78, 5) is 1.56. The van der Waals surface area contributed by atoms with Crippen molar-refractivity contribution in [3.63, 3.8) is 0 Å². The number of hydrogen-bond acceptors (Lipinski definition) is 3.